The molecule has 1 saturated heterocycles. The van der Waals surface area contributed by atoms with E-state index in [0.717, 1.165) is 49.0 Å². The van der Waals surface area contributed by atoms with Gasteiger partial charge in [0.25, 0.3) is 0 Å². The van der Waals surface area contributed by atoms with Gasteiger partial charge in [-0.1, -0.05) is 12.1 Å². The van der Waals surface area contributed by atoms with Crippen molar-refractivity contribution in [2.75, 3.05) is 32.8 Å². The van der Waals surface area contributed by atoms with Crippen molar-refractivity contribution in [1.82, 2.24) is 15.2 Å². The number of nitrogens with one attached hydrogen (secondary N) is 1. The number of hydrogen-bond donors (Lipinski definition) is 1. The van der Waals surface area contributed by atoms with Crippen molar-refractivity contribution < 1.29 is 4.74 Å². The Balaban J connectivity index is 1.70. The zero-order valence-electron chi connectivity index (χ0n) is 12.3. The molecule has 1 fully saturated rings. The van der Waals surface area contributed by atoms with Crippen LogP contribution in [-0.4, -0.2) is 42.7 Å². The van der Waals surface area contributed by atoms with Crippen molar-refractivity contribution in [1.29, 1.82) is 0 Å². The molecule has 2 heterocycles. The van der Waals surface area contributed by atoms with Crippen LogP contribution in [0, 0.1) is 0 Å². The maximum absolute atomic E-state index is 5.56. The van der Waals surface area contributed by atoms with Gasteiger partial charge in [-0.15, -0.1) is 11.3 Å². The highest BCUT2D eigenvalue weighted by atomic mass is 32.1. The van der Waals surface area contributed by atoms with Gasteiger partial charge in [-0.2, -0.15) is 0 Å². The summed E-state index contributed by atoms with van der Waals surface area (Å²) in [5.74, 6) is 0.911. The summed E-state index contributed by atoms with van der Waals surface area (Å²) in [5, 5.41) is 4.45. The Kier molecular flexibility index (Phi) is 4.85. The molecule has 0 radical (unpaired) electrons. The number of hydrogen-bond acceptors (Lipinski definition) is 5. The minimum Gasteiger partial charge on any atom is -0.494 e. The molecule has 5 heteroatoms. The summed E-state index contributed by atoms with van der Waals surface area (Å²) < 4.78 is 5.56. The molecule has 4 nitrogen and oxygen atoms in total. The number of piperazine rings is 1. The summed E-state index contributed by atoms with van der Waals surface area (Å²) in [6.07, 6.45) is 2.01. The van der Waals surface area contributed by atoms with Crippen molar-refractivity contribution in [3.63, 3.8) is 0 Å². The van der Waals surface area contributed by atoms with Gasteiger partial charge in [0.15, 0.2) is 0 Å². The second-order valence-electron chi connectivity index (χ2n) is 5.12. The molecule has 1 aliphatic rings. The average molecular weight is 303 g/mol. The molecular weight excluding hydrogens is 282 g/mol. The number of aromatic nitrogens is 1. The highest BCUT2D eigenvalue weighted by molar-refractivity contribution is 7.15. The summed E-state index contributed by atoms with van der Waals surface area (Å²) in [6.45, 7) is 8.10. The van der Waals surface area contributed by atoms with E-state index in [2.05, 4.69) is 27.3 Å². The van der Waals surface area contributed by atoms with E-state index >= 15 is 0 Å². The lowest BCUT2D eigenvalue weighted by Crippen LogP contribution is -2.42. The van der Waals surface area contributed by atoms with Crippen LogP contribution in [0.5, 0.6) is 5.75 Å². The van der Waals surface area contributed by atoms with Crippen LogP contribution in [0.4, 0.5) is 0 Å². The van der Waals surface area contributed by atoms with Gasteiger partial charge in [0, 0.05) is 49.4 Å². The lowest BCUT2D eigenvalue weighted by Gasteiger charge is -2.26. The lowest BCUT2D eigenvalue weighted by atomic mass is 10.2. The van der Waals surface area contributed by atoms with Crippen LogP contribution in [0.25, 0.3) is 10.6 Å². The third-order valence-electron chi connectivity index (χ3n) is 3.53. The van der Waals surface area contributed by atoms with Crippen LogP contribution < -0.4 is 10.1 Å². The molecular formula is C16H21N3OS. The normalized spacial score (nSPS) is 16.0. The van der Waals surface area contributed by atoms with E-state index in [9.17, 15) is 0 Å². The highest BCUT2D eigenvalue weighted by Crippen LogP contribution is 2.28. The van der Waals surface area contributed by atoms with Crippen LogP contribution >= 0.6 is 11.3 Å². The summed E-state index contributed by atoms with van der Waals surface area (Å²) in [4.78, 5) is 8.38. The largest absolute Gasteiger partial charge is 0.494 e. The molecule has 0 spiro atoms. The van der Waals surface area contributed by atoms with Crippen LogP contribution in [0.15, 0.2) is 30.5 Å². The third kappa shape index (κ3) is 3.81. The standard InChI is InChI=1S/C16H21N3OS/c1-2-20-14-5-3-4-13(10-14)16-18-11-15(21-16)12-19-8-6-17-7-9-19/h3-5,10-11,17H,2,6-9,12H2,1H3. The Hall–Kier alpha value is -1.43. The molecule has 1 aromatic heterocycles. The first-order valence-electron chi connectivity index (χ1n) is 7.46. The predicted molar refractivity (Wildman–Crippen MR) is 86.9 cm³/mol. The molecule has 3 rings (SSSR count). The van der Waals surface area contributed by atoms with Crippen molar-refractivity contribution >= 4 is 11.3 Å². The van der Waals surface area contributed by atoms with Crippen LogP contribution in [-0.2, 0) is 6.54 Å². The zero-order valence-corrected chi connectivity index (χ0v) is 13.2. The zero-order chi connectivity index (χ0) is 14.5. The topological polar surface area (TPSA) is 37.4 Å². The van der Waals surface area contributed by atoms with Crippen LogP contribution in [0.1, 0.15) is 11.8 Å². The van der Waals surface area contributed by atoms with Gasteiger partial charge in [0.05, 0.1) is 6.61 Å². The second-order valence-corrected chi connectivity index (χ2v) is 6.23. The third-order valence-corrected chi connectivity index (χ3v) is 4.57. The fourth-order valence-corrected chi connectivity index (χ4v) is 3.44. The maximum atomic E-state index is 5.56. The quantitative estimate of drug-likeness (QED) is 0.921. The molecule has 0 unspecified atom stereocenters. The molecule has 0 saturated carbocycles. The number of thiazole rings is 1. The number of rotatable bonds is 5. The minimum atomic E-state index is 0.690. The molecule has 0 amide bonds. The molecule has 0 atom stereocenters. The Morgan fingerprint density at radius 2 is 2.19 bits per heavy atom. The van der Waals surface area contributed by atoms with Crippen molar-refractivity contribution in [2.45, 2.75) is 13.5 Å². The summed E-state index contributed by atoms with van der Waals surface area (Å²) >= 11 is 1.78. The Bertz CT molecular complexity index is 578. The maximum Gasteiger partial charge on any atom is 0.123 e. The first-order chi connectivity index (χ1) is 10.3. The van der Waals surface area contributed by atoms with Crippen molar-refractivity contribution in [2.24, 2.45) is 0 Å². The molecule has 0 bridgehead atoms. The van der Waals surface area contributed by atoms with E-state index in [0.29, 0.717) is 6.61 Å². The molecule has 0 aliphatic carbocycles. The first-order valence-corrected chi connectivity index (χ1v) is 8.28. The SMILES string of the molecule is CCOc1cccc(-c2ncc(CN3CCNCC3)s2)c1. The van der Waals surface area contributed by atoms with E-state index < -0.39 is 0 Å². The molecule has 1 N–H and O–H groups in total. The summed E-state index contributed by atoms with van der Waals surface area (Å²) in [7, 11) is 0. The number of benzene rings is 1. The van der Waals surface area contributed by atoms with E-state index in [1.165, 1.54) is 4.88 Å². The smallest absolute Gasteiger partial charge is 0.123 e. The van der Waals surface area contributed by atoms with Gasteiger partial charge in [-0.25, -0.2) is 4.98 Å². The van der Waals surface area contributed by atoms with Gasteiger partial charge in [-0.05, 0) is 19.1 Å². The van der Waals surface area contributed by atoms with Gasteiger partial charge < -0.3 is 10.1 Å². The fourth-order valence-electron chi connectivity index (χ4n) is 2.49. The average Bonchev–Trinajstić information content (AvgIpc) is 2.97. The van der Waals surface area contributed by atoms with E-state index in [-0.39, 0.29) is 0 Å². The molecule has 112 valence electrons. The molecule has 1 aliphatic heterocycles. The Morgan fingerprint density at radius 1 is 1.33 bits per heavy atom. The van der Waals surface area contributed by atoms with Crippen molar-refractivity contribution in [3.8, 4) is 16.3 Å². The van der Waals surface area contributed by atoms with E-state index in [1.54, 1.807) is 11.3 Å². The highest BCUT2D eigenvalue weighted by Gasteiger charge is 2.12. The van der Waals surface area contributed by atoms with Gasteiger partial charge in [0.2, 0.25) is 0 Å². The molecule has 2 aromatic rings. The van der Waals surface area contributed by atoms with Crippen LogP contribution in [0.3, 0.4) is 0 Å². The summed E-state index contributed by atoms with van der Waals surface area (Å²) in [5.41, 5.74) is 1.14. The second kappa shape index (κ2) is 7.02. The van der Waals surface area contributed by atoms with Gasteiger partial charge in [-0.3, -0.25) is 4.90 Å². The minimum absolute atomic E-state index is 0.690. The van der Waals surface area contributed by atoms with E-state index in [4.69, 9.17) is 4.74 Å². The Morgan fingerprint density at radius 3 is 3.00 bits per heavy atom. The van der Waals surface area contributed by atoms with Crippen molar-refractivity contribution in [3.05, 3.63) is 35.3 Å². The molecule has 1 aromatic carbocycles. The number of ether oxygens (including phenoxy) is 1. The van der Waals surface area contributed by atoms with Gasteiger partial charge in [0.1, 0.15) is 10.8 Å². The van der Waals surface area contributed by atoms with E-state index in [1.807, 2.05) is 25.3 Å². The van der Waals surface area contributed by atoms with Gasteiger partial charge >= 0.3 is 0 Å². The molecule has 21 heavy (non-hydrogen) atoms. The van der Waals surface area contributed by atoms with Crippen LogP contribution in [0.2, 0.25) is 0 Å². The Labute approximate surface area is 129 Å². The number of nitrogens with zero attached hydrogens (tertiary/aromatic N) is 2. The fraction of sp³-hybridized carbons (Fsp3) is 0.438. The predicted octanol–water partition coefficient (Wildman–Crippen LogP) is 2.61. The lowest BCUT2D eigenvalue weighted by molar-refractivity contribution is 0.235. The monoisotopic (exact) mass is 303 g/mol. The summed E-state index contributed by atoms with van der Waals surface area (Å²) in [6, 6.07) is 8.17. The first kappa shape index (κ1) is 14.5.